The number of hydrogen-bond acceptors (Lipinski definition) is 6. The number of piperidine rings is 1. The van der Waals surface area contributed by atoms with Crippen LogP contribution in [0.1, 0.15) is 84.1 Å². The number of nitrogens with zero attached hydrogens (tertiary/aromatic N) is 2. The maximum atomic E-state index is 12.5. The molecule has 1 aliphatic heterocycles. The monoisotopic (exact) mass is 464 g/mol. The highest BCUT2D eigenvalue weighted by molar-refractivity contribution is 5.99. The van der Waals surface area contributed by atoms with E-state index in [1.165, 1.54) is 49.8 Å². The fraction of sp³-hybridized carbons (Fsp3) is 0.481. The summed E-state index contributed by atoms with van der Waals surface area (Å²) in [6, 6.07) is 12.0. The van der Waals surface area contributed by atoms with Gasteiger partial charge in [0.1, 0.15) is 5.69 Å². The van der Waals surface area contributed by atoms with Gasteiger partial charge in [0.15, 0.2) is 12.4 Å². The van der Waals surface area contributed by atoms with Gasteiger partial charge in [-0.2, -0.15) is 0 Å². The Bertz CT molecular complexity index is 1040. The third-order valence-electron chi connectivity index (χ3n) is 7.18. The van der Waals surface area contributed by atoms with Gasteiger partial charge in [0.05, 0.1) is 10.5 Å². The molecule has 7 heteroatoms. The lowest BCUT2D eigenvalue weighted by Gasteiger charge is -2.31. The van der Waals surface area contributed by atoms with Crippen LogP contribution in [0, 0.1) is 16.0 Å². The molecule has 180 valence electrons. The molecular formula is C27H32N2O5. The van der Waals surface area contributed by atoms with E-state index in [-0.39, 0.29) is 17.0 Å². The van der Waals surface area contributed by atoms with E-state index in [4.69, 9.17) is 4.74 Å². The van der Waals surface area contributed by atoms with E-state index in [0.717, 1.165) is 25.9 Å². The van der Waals surface area contributed by atoms with Crippen LogP contribution in [0.5, 0.6) is 0 Å². The zero-order valence-corrected chi connectivity index (χ0v) is 19.7. The maximum Gasteiger partial charge on any atom is 0.338 e. The highest BCUT2D eigenvalue weighted by Crippen LogP contribution is 2.33. The van der Waals surface area contributed by atoms with Crippen LogP contribution in [0.15, 0.2) is 42.5 Å². The predicted molar refractivity (Wildman–Crippen MR) is 131 cm³/mol. The molecule has 2 aliphatic rings. The van der Waals surface area contributed by atoms with Gasteiger partial charge in [0, 0.05) is 24.7 Å². The van der Waals surface area contributed by atoms with Crippen LogP contribution in [0.4, 0.5) is 11.4 Å². The lowest BCUT2D eigenvalue weighted by atomic mass is 9.84. The molecule has 34 heavy (non-hydrogen) atoms. The first-order valence-electron chi connectivity index (χ1n) is 12.3. The van der Waals surface area contributed by atoms with E-state index in [2.05, 4.69) is 6.92 Å². The zero-order valence-electron chi connectivity index (χ0n) is 19.7. The number of hydrogen-bond donors (Lipinski definition) is 0. The summed E-state index contributed by atoms with van der Waals surface area (Å²) in [6.07, 6.45) is 8.12. The van der Waals surface area contributed by atoms with Crippen molar-refractivity contribution in [3.8, 4) is 0 Å². The number of ether oxygens (including phenoxy) is 1. The number of anilines is 1. The predicted octanol–water partition coefficient (Wildman–Crippen LogP) is 5.92. The topological polar surface area (TPSA) is 89.8 Å². The first-order valence-corrected chi connectivity index (χ1v) is 12.3. The van der Waals surface area contributed by atoms with E-state index in [1.807, 2.05) is 17.0 Å². The smallest absolute Gasteiger partial charge is 0.338 e. The molecular weight excluding hydrogens is 432 g/mol. The minimum atomic E-state index is -0.742. The quantitative estimate of drug-likeness (QED) is 0.219. The van der Waals surface area contributed by atoms with Gasteiger partial charge in [-0.1, -0.05) is 50.5 Å². The van der Waals surface area contributed by atoms with E-state index >= 15 is 0 Å². The van der Waals surface area contributed by atoms with Crippen molar-refractivity contribution in [3.63, 3.8) is 0 Å². The molecule has 0 amide bonds. The zero-order chi connectivity index (χ0) is 24.1. The van der Waals surface area contributed by atoms with Crippen molar-refractivity contribution in [2.24, 2.45) is 5.92 Å². The van der Waals surface area contributed by atoms with Crippen LogP contribution in [0.3, 0.4) is 0 Å². The van der Waals surface area contributed by atoms with E-state index in [9.17, 15) is 19.7 Å². The summed E-state index contributed by atoms with van der Waals surface area (Å²) in [5.41, 5.74) is 2.22. The summed E-state index contributed by atoms with van der Waals surface area (Å²) in [5, 5.41) is 11.7. The first-order chi connectivity index (χ1) is 16.4. The lowest BCUT2D eigenvalue weighted by Crippen LogP contribution is -2.33. The molecule has 1 saturated heterocycles. The van der Waals surface area contributed by atoms with Gasteiger partial charge in [0.2, 0.25) is 0 Å². The number of nitro benzene ring substituents is 1. The third-order valence-corrected chi connectivity index (χ3v) is 7.18. The average molecular weight is 465 g/mol. The summed E-state index contributed by atoms with van der Waals surface area (Å²) < 4.78 is 5.20. The van der Waals surface area contributed by atoms with Crippen molar-refractivity contribution in [2.75, 3.05) is 24.6 Å². The normalized spacial score (nSPS) is 17.4. The molecule has 2 aromatic carbocycles. The van der Waals surface area contributed by atoms with Crippen LogP contribution < -0.4 is 4.90 Å². The van der Waals surface area contributed by atoms with Crippen LogP contribution >= 0.6 is 0 Å². The molecule has 1 saturated carbocycles. The van der Waals surface area contributed by atoms with Crippen molar-refractivity contribution >= 4 is 23.1 Å². The Hall–Kier alpha value is -3.22. The molecule has 0 unspecified atom stereocenters. The molecule has 7 nitrogen and oxygen atoms in total. The number of Topliss-reactive ketones (excluding diaryl/α,β-unsaturated/α-hetero) is 1. The molecule has 0 N–H and O–H groups in total. The SMILES string of the molecule is CC1CCN(c2ccc(C(=O)OCC(=O)c3ccc(C4CCCCC4)cc3)cc2[N+](=O)[O-])CC1. The van der Waals surface area contributed by atoms with Crippen molar-refractivity contribution < 1.29 is 19.2 Å². The Labute approximate surface area is 200 Å². The molecule has 1 aliphatic carbocycles. The summed E-state index contributed by atoms with van der Waals surface area (Å²) in [7, 11) is 0. The number of carbonyl (C=O) groups excluding carboxylic acids is 2. The van der Waals surface area contributed by atoms with Crippen molar-refractivity contribution in [3.05, 3.63) is 69.3 Å². The van der Waals surface area contributed by atoms with Crippen molar-refractivity contribution in [1.29, 1.82) is 0 Å². The van der Waals surface area contributed by atoms with Crippen LogP contribution in [-0.2, 0) is 4.74 Å². The van der Waals surface area contributed by atoms with Gasteiger partial charge >= 0.3 is 5.97 Å². The highest BCUT2D eigenvalue weighted by atomic mass is 16.6. The number of rotatable bonds is 7. The van der Waals surface area contributed by atoms with Crippen LogP contribution in [0.2, 0.25) is 0 Å². The Balaban J connectivity index is 1.38. The van der Waals surface area contributed by atoms with Gasteiger partial charge in [-0.05, 0) is 55.2 Å². The second kappa shape index (κ2) is 10.8. The minimum Gasteiger partial charge on any atom is -0.454 e. The fourth-order valence-electron chi connectivity index (χ4n) is 4.99. The fourth-order valence-corrected chi connectivity index (χ4v) is 4.99. The molecule has 2 aromatic rings. The summed E-state index contributed by atoms with van der Waals surface area (Å²) in [5.74, 6) is 0.125. The Kier molecular flexibility index (Phi) is 7.60. The molecule has 0 aromatic heterocycles. The van der Waals surface area contributed by atoms with E-state index < -0.39 is 17.5 Å². The Morgan fingerprint density at radius 1 is 0.971 bits per heavy atom. The van der Waals surface area contributed by atoms with Crippen molar-refractivity contribution in [2.45, 2.75) is 57.8 Å². The molecule has 0 spiro atoms. The Morgan fingerprint density at radius 2 is 1.62 bits per heavy atom. The Morgan fingerprint density at radius 3 is 2.26 bits per heavy atom. The second-order valence-electron chi connectivity index (χ2n) is 9.59. The van der Waals surface area contributed by atoms with E-state index in [1.54, 1.807) is 18.2 Å². The van der Waals surface area contributed by atoms with Crippen LogP contribution in [0.25, 0.3) is 0 Å². The third kappa shape index (κ3) is 5.64. The molecule has 0 radical (unpaired) electrons. The van der Waals surface area contributed by atoms with E-state index in [0.29, 0.717) is 23.1 Å². The average Bonchev–Trinajstić information content (AvgIpc) is 2.88. The van der Waals surface area contributed by atoms with Gasteiger partial charge in [-0.3, -0.25) is 14.9 Å². The summed E-state index contributed by atoms with van der Waals surface area (Å²) >= 11 is 0. The number of ketones is 1. The molecule has 0 atom stereocenters. The minimum absolute atomic E-state index is 0.0706. The molecule has 2 fully saturated rings. The second-order valence-corrected chi connectivity index (χ2v) is 9.59. The molecule has 0 bridgehead atoms. The van der Waals surface area contributed by atoms with Gasteiger partial charge in [-0.15, -0.1) is 0 Å². The largest absolute Gasteiger partial charge is 0.454 e. The standard InChI is InChI=1S/C27H32N2O5/c1-19-13-15-28(16-14-19)24-12-11-23(17-25(24)29(32)33)27(31)34-18-26(30)22-9-7-21(8-10-22)20-5-3-2-4-6-20/h7-12,17,19-20H,2-6,13-16,18H2,1H3. The number of esters is 1. The number of benzene rings is 2. The van der Waals surface area contributed by atoms with Crippen molar-refractivity contribution in [1.82, 2.24) is 0 Å². The number of carbonyl (C=O) groups is 2. The highest BCUT2D eigenvalue weighted by Gasteiger charge is 2.25. The van der Waals surface area contributed by atoms with Gasteiger partial charge in [0.25, 0.3) is 5.69 Å². The molecule has 1 heterocycles. The number of nitro groups is 1. The summed E-state index contributed by atoms with van der Waals surface area (Å²) in [6.45, 7) is 3.28. The lowest BCUT2D eigenvalue weighted by molar-refractivity contribution is -0.384. The van der Waals surface area contributed by atoms with Crippen LogP contribution in [-0.4, -0.2) is 36.4 Å². The summed E-state index contributed by atoms with van der Waals surface area (Å²) in [4.78, 5) is 38.3. The maximum absolute atomic E-state index is 12.5. The first kappa shape index (κ1) is 23.9. The van der Waals surface area contributed by atoms with Gasteiger partial charge in [-0.25, -0.2) is 4.79 Å². The molecule has 4 rings (SSSR count). The van der Waals surface area contributed by atoms with Gasteiger partial charge < -0.3 is 9.64 Å².